The molecule has 1 spiro atoms. The summed E-state index contributed by atoms with van der Waals surface area (Å²) in [7, 11) is 3.11. The summed E-state index contributed by atoms with van der Waals surface area (Å²) in [6.07, 6.45) is 3.56. The Morgan fingerprint density at radius 2 is 2.29 bits per heavy atom. The van der Waals surface area contributed by atoms with Gasteiger partial charge in [-0.1, -0.05) is 0 Å². The van der Waals surface area contributed by atoms with Crippen LogP contribution in [0.4, 0.5) is 5.82 Å². The molecule has 0 radical (unpaired) electrons. The van der Waals surface area contributed by atoms with Gasteiger partial charge in [0.2, 0.25) is 11.8 Å². The van der Waals surface area contributed by atoms with E-state index in [1.165, 1.54) is 13.4 Å². The summed E-state index contributed by atoms with van der Waals surface area (Å²) in [4.78, 5) is 21.9. The molecule has 2 aliphatic heterocycles. The molecule has 3 rings (SSSR count). The van der Waals surface area contributed by atoms with Crippen LogP contribution < -0.4 is 15.0 Å². The molecule has 8 heteroatoms. The highest BCUT2D eigenvalue weighted by Crippen LogP contribution is 2.38. The first kappa shape index (κ1) is 16.9. The number of rotatable bonds is 6. The molecule has 132 valence electrons. The van der Waals surface area contributed by atoms with Gasteiger partial charge in [-0.3, -0.25) is 4.79 Å². The fraction of sp³-hybridized carbons (Fsp3) is 0.688. The zero-order valence-corrected chi connectivity index (χ0v) is 14.2. The fourth-order valence-corrected chi connectivity index (χ4v) is 3.19. The second kappa shape index (κ2) is 7.31. The Kier molecular flexibility index (Phi) is 5.15. The Morgan fingerprint density at radius 3 is 2.96 bits per heavy atom. The summed E-state index contributed by atoms with van der Waals surface area (Å²) in [5.41, 5.74) is -0.0782. The number of hydrogen-bond donors (Lipinski definition) is 1. The maximum atomic E-state index is 11.4. The van der Waals surface area contributed by atoms with Gasteiger partial charge < -0.3 is 24.4 Å². The molecule has 24 heavy (non-hydrogen) atoms. The highest BCUT2D eigenvalue weighted by atomic mass is 16.5. The van der Waals surface area contributed by atoms with Crippen molar-refractivity contribution in [2.24, 2.45) is 5.92 Å². The number of nitrogens with zero attached hydrogens (tertiary/aromatic N) is 3. The van der Waals surface area contributed by atoms with Crippen molar-refractivity contribution in [2.75, 3.05) is 52.0 Å². The molecule has 1 N–H and O–H groups in total. The minimum absolute atomic E-state index is 0.0782. The molecular weight excluding hydrogens is 312 g/mol. The van der Waals surface area contributed by atoms with Crippen LogP contribution in [0.2, 0.25) is 0 Å². The zero-order valence-electron chi connectivity index (χ0n) is 14.2. The molecular formula is C16H24N4O4. The number of methoxy groups -OCH3 is 2. The third kappa shape index (κ3) is 3.76. The van der Waals surface area contributed by atoms with Crippen molar-refractivity contribution in [3.8, 4) is 5.88 Å². The number of ether oxygens (including phenoxy) is 3. The summed E-state index contributed by atoms with van der Waals surface area (Å²) >= 11 is 0. The largest absolute Gasteiger partial charge is 0.481 e. The minimum atomic E-state index is -0.0784. The molecule has 2 fully saturated rings. The average molecular weight is 336 g/mol. The van der Waals surface area contributed by atoms with Gasteiger partial charge in [0.15, 0.2) is 0 Å². The first-order chi connectivity index (χ1) is 11.6. The smallest absolute Gasteiger partial charge is 0.245 e. The van der Waals surface area contributed by atoms with Crippen molar-refractivity contribution < 1.29 is 19.0 Å². The van der Waals surface area contributed by atoms with Crippen LogP contribution in [-0.4, -0.2) is 68.5 Å². The van der Waals surface area contributed by atoms with Crippen molar-refractivity contribution in [3.63, 3.8) is 0 Å². The molecule has 8 nitrogen and oxygen atoms in total. The number of aromatic nitrogens is 2. The Hall–Kier alpha value is -1.93. The van der Waals surface area contributed by atoms with Crippen molar-refractivity contribution in [3.05, 3.63) is 12.4 Å². The zero-order chi connectivity index (χ0) is 17.0. The highest BCUT2D eigenvalue weighted by Gasteiger charge is 2.47. The lowest BCUT2D eigenvalue weighted by atomic mass is 9.83. The van der Waals surface area contributed by atoms with E-state index in [4.69, 9.17) is 14.2 Å². The topological polar surface area (TPSA) is 85.8 Å². The molecule has 2 aliphatic rings. The van der Waals surface area contributed by atoms with Crippen LogP contribution in [0.15, 0.2) is 12.4 Å². The monoisotopic (exact) mass is 336 g/mol. The number of nitrogens with one attached hydrogen (secondary N) is 1. The van der Waals surface area contributed by atoms with Crippen molar-refractivity contribution in [1.29, 1.82) is 0 Å². The number of hydrogen-bond acceptors (Lipinski definition) is 7. The summed E-state index contributed by atoms with van der Waals surface area (Å²) in [6, 6.07) is 1.84. The second-order valence-electron chi connectivity index (χ2n) is 6.41. The van der Waals surface area contributed by atoms with Gasteiger partial charge in [-0.25, -0.2) is 9.97 Å². The van der Waals surface area contributed by atoms with Crippen molar-refractivity contribution in [2.45, 2.75) is 18.4 Å². The SMILES string of the molecule is COCC(=O)NC[C@H]1CCC2(CN(c3cc(OC)ncn3)C2)OC1. The van der Waals surface area contributed by atoms with E-state index in [-0.39, 0.29) is 18.1 Å². The van der Waals surface area contributed by atoms with Crippen molar-refractivity contribution in [1.82, 2.24) is 15.3 Å². The third-order valence-corrected chi connectivity index (χ3v) is 4.62. The van der Waals surface area contributed by atoms with Crippen LogP contribution in [0.5, 0.6) is 5.88 Å². The highest BCUT2D eigenvalue weighted by molar-refractivity contribution is 5.77. The predicted octanol–water partition coefficient (Wildman–Crippen LogP) is 0.233. The van der Waals surface area contributed by atoms with Gasteiger partial charge >= 0.3 is 0 Å². The normalized spacial score (nSPS) is 22.1. The van der Waals surface area contributed by atoms with Gasteiger partial charge in [-0.15, -0.1) is 0 Å². The Balaban J connectivity index is 1.44. The first-order valence-corrected chi connectivity index (χ1v) is 8.15. The van der Waals surface area contributed by atoms with E-state index in [9.17, 15) is 4.79 Å². The van der Waals surface area contributed by atoms with Crippen LogP contribution in [-0.2, 0) is 14.3 Å². The predicted molar refractivity (Wildman–Crippen MR) is 87.1 cm³/mol. The maximum Gasteiger partial charge on any atom is 0.245 e. The Labute approximate surface area is 141 Å². The number of carbonyl (C=O) groups excluding carboxylic acids is 1. The van der Waals surface area contributed by atoms with Crippen molar-refractivity contribution >= 4 is 11.7 Å². The fourth-order valence-electron chi connectivity index (χ4n) is 3.19. The van der Waals surface area contributed by atoms with E-state index in [1.54, 1.807) is 7.11 Å². The van der Waals surface area contributed by atoms with E-state index >= 15 is 0 Å². The number of anilines is 1. The lowest BCUT2D eigenvalue weighted by molar-refractivity contribution is -0.127. The van der Waals surface area contributed by atoms with Gasteiger partial charge in [0, 0.05) is 19.7 Å². The van der Waals surface area contributed by atoms with Crippen LogP contribution in [0, 0.1) is 5.92 Å². The number of carbonyl (C=O) groups is 1. The second-order valence-corrected chi connectivity index (χ2v) is 6.41. The first-order valence-electron chi connectivity index (χ1n) is 8.15. The minimum Gasteiger partial charge on any atom is -0.481 e. The molecule has 1 aromatic heterocycles. The maximum absolute atomic E-state index is 11.4. The molecule has 0 saturated carbocycles. The number of amides is 1. The van der Waals surface area contributed by atoms with E-state index in [1.807, 2.05) is 6.07 Å². The molecule has 0 bridgehead atoms. The lowest BCUT2D eigenvalue weighted by Crippen LogP contribution is -2.65. The third-order valence-electron chi connectivity index (χ3n) is 4.62. The Bertz CT molecular complexity index is 567. The van der Waals surface area contributed by atoms with Gasteiger partial charge in [0.05, 0.1) is 26.8 Å². The van der Waals surface area contributed by atoms with Crippen LogP contribution >= 0.6 is 0 Å². The summed E-state index contributed by atoms with van der Waals surface area (Å²) < 4.78 is 16.1. The molecule has 2 saturated heterocycles. The Morgan fingerprint density at radius 1 is 1.46 bits per heavy atom. The van der Waals surface area contributed by atoms with Gasteiger partial charge in [0.25, 0.3) is 0 Å². The van der Waals surface area contributed by atoms with Crippen LogP contribution in [0.3, 0.4) is 0 Å². The molecule has 0 unspecified atom stereocenters. The summed E-state index contributed by atoms with van der Waals surface area (Å²) in [5.74, 6) is 1.72. The quantitative estimate of drug-likeness (QED) is 0.796. The van der Waals surface area contributed by atoms with E-state index in [0.29, 0.717) is 24.9 Å². The van der Waals surface area contributed by atoms with Crippen LogP contribution in [0.25, 0.3) is 0 Å². The van der Waals surface area contributed by atoms with Gasteiger partial charge in [-0.2, -0.15) is 0 Å². The molecule has 1 atom stereocenters. The van der Waals surface area contributed by atoms with E-state index in [0.717, 1.165) is 31.7 Å². The van der Waals surface area contributed by atoms with E-state index < -0.39 is 0 Å². The molecule has 0 aromatic carbocycles. The standard InChI is InChI=1S/C16H24N4O4/c1-22-8-14(21)17-6-12-3-4-16(24-7-12)9-20(10-16)13-5-15(23-2)19-11-18-13/h5,11-12H,3-4,6-10H2,1-2H3,(H,17,21)/t12-/m1/s1. The van der Waals surface area contributed by atoms with E-state index in [2.05, 4.69) is 20.2 Å². The summed E-state index contributed by atoms with van der Waals surface area (Å²) in [5, 5.41) is 2.88. The average Bonchev–Trinajstić information content (AvgIpc) is 2.59. The van der Waals surface area contributed by atoms with Crippen LogP contribution in [0.1, 0.15) is 12.8 Å². The molecule has 3 heterocycles. The molecule has 0 aliphatic carbocycles. The molecule has 1 amide bonds. The lowest BCUT2D eigenvalue weighted by Gasteiger charge is -2.53. The summed E-state index contributed by atoms with van der Waals surface area (Å²) in [6.45, 7) is 3.08. The molecule has 1 aromatic rings. The van der Waals surface area contributed by atoms with Gasteiger partial charge in [0.1, 0.15) is 24.4 Å². The van der Waals surface area contributed by atoms with Gasteiger partial charge in [-0.05, 0) is 18.8 Å².